The maximum atomic E-state index is 11.8. The van der Waals surface area contributed by atoms with Crippen LogP contribution in [0.4, 0.5) is 0 Å². The number of aliphatic carboxylic acids is 1. The van der Waals surface area contributed by atoms with Gasteiger partial charge >= 0.3 is 5.97 Å². The summed E-state index contributed by atoms with van der Waals surface area (Å²) >= 11 is 0. The third-order valence-electron chi connectivity index (χ3n) is 3.49. The van der Waals surface area contributed by atoms with Gasteiger partial charge < -0.3 is 20.7 Å². The molecule has 9 heteroatoms. The Balaban J connectivity index is 1.67. The van der Waals surface area contributed by atoms with Gasteiger partial charge in [0, 0.05) is 19.0 Å². The summed E-state index contributed by atoms with van der Waals surface area (Å²) in [5.41, 5.74) is 1.47. The molecule has 9 nitrogen and oxygen atoms in total. The molecule has 2 amide bonds. The average Bonchev–Trinajstić information content (AvgIpc) is 3.01. The van der Waals surface area contributed by atoms with Crippen molar-refractivity contribution in [2.24, 2.45) is 0 Å². The summed E-state index contributed by atoms with van der Waals surface area (Å²) in [4.78, 5) is 45.6. The molecule has 0 fully saturated rings. The number of hydrogen-bond donors (Lipinski definition) is 4. The zero-order valence-electron chi connectivity index (χ0n) is 14.0. The molecule has 0 aliphatic carbocycles. The van der Waals surface area contributed by atoms with Crippen LogP contribution in [0.2, 0.25) is 0 Å². The molecule has 2 aromatic rings. The van der Waals surface area contributed by atoms with Crippen molar-refractivity contribution in [2.45, 2.75) is 31.7 Å². The SMILES string of the molecule is C#CC(CC(=O)O)NC(=O)CNC(=O)CCCc1nc2ncccc2[nH]1. The maximum Gasteiger partial charge on any atom is 0.306 e. The summed E-state index contributed by atoms with van der Waals surface area (Å²) in [6.07, 6.45) is 7.79. The Bertz CT molecular complexity index is 806. The molecule has 136 valence electrons. The van der Waals surface area contributed by atoms with Gasteiger partial charge in [0.05, 0.1) is 18.5 Å². The van der Waals surface area contributed by atoms with Crippen LogP contribution in [0.3, 0.4) is 0 Å². The first-order chi connectivity index (χ1) is 12.5. The van der Waals surface area contributed by atoms with E-state index in [0.29, 0.717) is 18.5 Å². The third-order valence-corrected chi connectivity index (χ3v) is 3.49. The lowest BCUT2D eigenvalue weighted by Crippen LogP contribution is -2.42. The van der Waals surface area contributed by atoms with Crippen LogP contribution in [0.5, 0.6) is 0 Å². The number of carboxylic acids is 1. The van der Waals surface area contributed by atoms with Crippen LogP contribution >= 0.6 is 0 Å². The molecule has 4 N–H and O–H groups in total. The Labute approximate surface area is 149 Å². The van der Waals surface area contributed by atoms with Crippen LogP contribution in [-0.4, -0.2) is 50.4 Å². The second-order valence-electron chi connectivity index (χ2n) is 5.57. The van der Waals surface area contributed by atoms with Gasteiger partial charge in [0.1, 0.15) is 11.9 Å². The Morgan fingerprint density at radius 2 is 2.15 bits per heavy atom. The van der Waals surface area contributed by atoms with Gasteiger partial charge in [0.15, 0.2) is 5.65 Å². The second-order valence-corrected chi connectivity index (χ2v) is 5.57. The first-order valence-corrected chi connectivity index (χ1v) is 8.01. The van der Waals surface area contributed by atoms with Crippen LogP contribution in [-0.2, 0) is 20.8 Å². The van der Waals surface area contributed by atoms with Crippen LogP contribution in [0.15, 0.2) is 18.3 Å². The van der Waals surface area contributed by atoms with E-state index < -0.39 is 17.9 Å². The number of carbonyl (C=O) groups excluding carboxylic acids is 2. The highest BCUT2D eigenvalue weighted by atomic mass is 16.4. The number of hydrogen-bond acceptors (Lipinski definition) is 5. The molecular formula is C17H19N5O4. The summed E-state index contributed by atoms with van der Waals surface area (Å²) < 4.78 is 0. The predicted molar refractivity (Wildman–Crippen MR) is 92.9 cm³/mol. The lowest BCUT2D eigenvalue weighted by molar-refractivity contribution is -0.137. The number of rotatable bonds is 9. The van der Waals surface area contributed by atoms with Crippen LogP contribution in [0.1, 0.15) is 25.1 Å². The summed E-state index contributed by atoms with van der Waals surface area (Å²) in [7, 11) is 0. The predicted octanol–water partition coefficient (Wildman–Crippen LogP) is -0.0105. The lowest BCUT2D eigenvalue weighted by atomic mass is 10.2. The number of fused-ring (bicyclic) bond motifs is 1. The fraction of sp³-hybridized carbons (Fsp3) is 0.353. The number of aromatic amines is 1. The van der Waals surface area contributed by atoms with Gasteiger partial charge in [-0.3, -0.25) is 14.4 Å². The van der Waals surface area contributed by atoms with Gasteiger partial charge in [0.2, 0.25) is 11.8 Å². The van der Waals surface area contributed by atoms with E-state index in [9.17, 15) is 14.4 Å². The molecule has 0 aromatic carbocycles. The molecule has 26 heavy (non-hydrogen) atoms. The van der Waals surface area contributed by atoms with Gasteiger partial charge in [0.25, 0.3) is 0 Å². The quantitative estimate of drug-likeness (QED) is 0.466. The first-order valence-electron chi connectivity index (χ1n) is 8.01. The standard InChI is InChI=1S/C17H19N5O4/c1-2-11(9-16(25)26)20-15(24)10-19-14(23)7-3-6-13-21-12-5-4-8-18-17(12)22-13/h1,4-5,8,11H,3,6-7,9-10H2,(H,19,23)(H,20,24)(H,25,26)(H,18,21,22). The maximum absolute atomic E-state index is 11.8. The van der Waals surface area contributed by atoms with E-state index >= 15 is 0 Å². The summed E-state index contributed by atoms with van der Waals surface area (Å²) in [5.74, 6) is 0.983. The van der Waals surface area contributed by atoms with Crippen molar-refractivity contribution in [1.29, 1.82) is 0 Å². The molecule has 2 heterocycles. The number of H-pyrrole nitrogens is 1. The van der Waals surface area contributed by atoms with E-state index in [2.05, 4.69) is 31.5 Å². The number of imidazole rings is 1. The Morgan fingerprint density at radius 1 is 1.35 bits per heavy atom. The minimum absolute atomic E-state index is 0.228. The smallest absolute Gasteiger partial charge is 0.306 e. The Hall–Kier alpha value is -3.41. The van der Waals surface area contributed by atoms with Gasteiger partial charge in [-0.25, -0.2) is 9.97 Å². The number of aromatic nitrogens is 3. The minimum atomic E-state index is -1.11. The monoisotopic (exact) mass is 357 g/mol. The van der Waals surface area contributed by atoms with Crippen molar-refractivity contribution >= 4 is 28.9 Å². The second kappa shape index (κ2) is 9.17. The molecule has 0 spiro atoms. The minimum Gasteiger partial charge on any atom is -0.481 e. The van der Waals surface area contributed by atoms with Crippen LogP contribution < -0.4 is 10.6 Å². The van der Waals surface area contributed by atoms with Crippen molar-refractivity contribution in [2.75, 3.05) is 6.54 Å². The summed E-state index contributed by atoms with van der Waals surface area (Å²) in [5, 5.41) is 13.5. The van der Waals surface area contributed by atoms with E-state index in [0.717, 1.165) is 11.3 Å². The normalized spacial score (nSPS) is 11.5. The number of nitrogens with zero attached hydrogens (tertiary/aromatic N) is 2. The van der Waals surface area contributed by atoms with E-state index in [1.165, 1.54) is 0 Å². The van der Waals surface area contributed by atoms with Crippen LogP contribution in [0, 0.1) is 12.3 Å². The molecule has 0 saturated heterocycles. The van der Waals surface area contributed by atoms with Crippen molar-refractivity contribution in [1.82, 2.24) is 25.6 Å². The first kappa shape index (κ1) is 18.9. The fourth-order valence-corrected chi connectivity index (χ4v) is 2.27. The van der Waals surface area contributed by atoms with E-state index in [4.69, 9.17) is 11.5 Å². The number of nitrogens with one attached hydrogen (secondary N) is 3. The number of aryl methyl sites for hydroxylation is 1. The molecule has 0 radical (unpaired) electrons. The zero-order valence-corrected chi connectivity index (χ0v) is 14.0. The van der Waals surface area contributed by atoms with Crippen molar-refractivity contribution in [3.05, 3.63) is 24.2 Å². The highest BCUT2D eigenvalue weighted by molar-refractivity contribution is 5.85. The third kappa shape index (κ3) is 5.90. The molecule has 2 aromatic heterocycles. The van der Waals surface area contributed by atoms with Gasteiger partial charge in [-0.15, -0.1) is 6.42 Å². The highest BCUT2D eigenvalue weighted by Gasteiger charge is 2.14. The summed E-state index contributed by atoms with van der Waals surface area (Å²) in [6, 6.07) is 2.78. The van der Waals surface area contributed by atoms with Crippen molar-refractivity contribution in [3.63, 3.8) is 0 Å². The van der Waals surface area contributed by atoms with E-state index in [1.807, 2.05) is 12.1 Å². The number of pyridine rings is 1. The Morgan fingerprint density at radius 3 is 2.85 bits per heavy atom. The number of amides is 2. The van der Waals surface area contributed by atoms with Gasteiger partial charge in [-0.05, 0) is 18.6 Å². The van der Waals surface area contributed by atoms with Gasteiger partial charge in [-0.1, -0.05) is 5.92 Å². The number of carbonyl (C=O) groups is 3. The summed E-state index contributed by atoms with van der Waals surface area (Å²) in [6.45, 7) is -0.259. The molecule has 0 saturated carbocycles. The van der Waals surface area contributed by atoms with Crippen molar-refractivity contribution in [3.8, 4) is 12.3 Å². The molecule has 0 bridgehead atoms. The molecule has 2 rings (SSSR count). The van der Waals surface area contributed by atoms with E-state index in [1.54, 1.807) is 6.20 Å². The number of carboxylic acid groups (broad SMARTS) is 1. The largest absolute Gasteiger partial charge is 0.481 e. The van der Waals surface area contributed by atoms with Gasteiger partial charge in [-0.2, -0.15) is 0 Å². The molecule has 0 aliphatic rings. The highest BCUT2D eigenvalue weighted by Crippen LogP contribution is 2.09. The number of terminal acetylenes is 1. The Kier molecular flexibility index (Phi) is 6.68. The fourth-order valence-electron chi connectivity index (χ4n) is 2.27. The molecule has 0 aliphatic heterocycles. The molecule has 1 atom stereocenters. The van der Waals surface area contributed by atoms with Crippen LogP contribution in [0.25, 0.3) is 11.2 Å². The average molecular weight is 357 g/mol. The lowest BCUT2D eigenvalue weighted by Gasteiger charge is -2.11. The van der Waals surface area contributed by atoms with Crippen molar-refractivity contribution < 1.29 is 19.5 Å². The molecular weight excluding hydrogens is 338 g/mol. The zero-order chi connectivity index (χ0) is 18.9. The topological polar surface area (TPSA) is 137 Å². The molecule has 1 unspecified atom stereocenters. The van der Waals surface area contributed by atoms with E-state index in [-0.39, 0.29) is 25.3 Å².